The highest BCUT2D eigenvalue weighted by molar-refractivity contribution is 5.90. The number of imidazole rings is 1. The Morgan fingerprint density at radius 3 is 2.82 bits per heavy atom. The van der Waals surface area contributed by atoms with Gasteiger partial charge >= 0.3 is 6.09 Å². The Morgan fingerprint density at radius 1 is 1.36 bits per heavy atom. The third-order valence-electron chi connectivity index (χ3n) is 4.83. The van der Waals surface area contributed by atoms with Crippen molar-refractivity contribution in [1.82, 2.24) is 14.6 Å². The molecule has 0 aliphatic carbocycles. The maximum atomic E-state index is 14.7. The number of nitrogens with zero attached hydrogens (tertiary/aromatic N) is 6. The molecule has 4 rings (SSSR count). The van der Waals surface area contributed by atoms with E-state index in [4.69, 9.17) is 9.84 Å². The molecule has 1 fully saturated rings. The highest BCUT2D eigenvalue weighted by atomic mass is 19.1. The van der Waals surface area contributed by atoms with Crippen LogP contribution in [0, 0.1) is 5.82 Å². The highest BCUT2D eigenvalue weighted by Gasteiger charge is 2.32. The monoisotopic (exact) mass is 388 g/mol. The molecule has 1 saturated heterocycles. The predicted molar refractivity (Wildman–Crippen MR) is 101 cm³/mol. The number of carbonyl (C=O) groups is 1. The van der Waals surface area contributed by atoms with Crippen LogP contribution in [0.5, 0.6) is 0 Å². The molecule has 1 aromatic carbocycles. The van der Waals surface area contributed by atoms with E-state index in [-0.39, 0.29) is 13.2 Å². The SMILES string of the molecule is Cn1ccnc1CN1CCN(c2ccc(N3C[C@H](CO)OC3=O)cc2F)C=N1. The lowest BCUT2D eigenvalue weighted by atomic mass is 10.2. The maximum Gasteiger partial charge on any atom is 0.414 e. The molecule has 0 radical (unpaired) electrons. The van der Waals surface area contributed by atoms with Crippen LogP contribution in [0.25, 0.3) is 0 Å². The highest BCUT2D eigenvalue weighted by Crippen LogP contribution is 2.28. The second kappa shape index (κ2) is 7.47. The van der Waals surface area contributed by atoms with Gasteiger partial charge in [0, 0.05) is 26.0 Å². The lowest BCUT2D eigenvalue weighted by Gasteiger charge is -2.30. The molecule has 0 unspecified atom stereocenters. The van der Waals surface area contributed by atoms with Gasteiger partial charge in [-0.05, 0) is 18.2 Å². The standard InChI is InChI=1S/C18H21FN6O3/c1-22-5-4-20-17(22)10-24-7-6-23(12-21-24)16-3-2-13(8-15(16)19)25-9-14(11-26)28-18(25)27/h2-5,8,12,14,26H,6-7,9-11H2,1H3/t14-/m1/s1. The van der Waals surface area contributed by atoms with Gasteiger partial charge in [0.15, 0.2) is 0 Å². The van der Waals surface area contributed by atoms with E-state index in [0.717, 1.165) is 5.82 Å². The first-order valence-electron chi connectivity index (χ1n) is 8.95. The minimum absolute atomic E-state index is 0.196. The fraction of sp³-hybridized carbons (Fsp3) is 0.389. The molecule has 2 aliphatic heterocycles. The summed E-state index contributed by atoms with van der Waals surface area (Å²) in [5.74, 6) is 0.446. The summed E-state index contributed by atoms with van der Waals surface area (Å²) >= 11 is 0. The second-order valence-electron chi connectivity index (χ2n) is 6.70. The summed E-state index contributed by atoms with van der Waals surface area (Å²) in [7, 11) is 1.93. The Labute approximate surface area is 161 Å². The van der Waals surface area contributed by atoms with Crippen molar-refractivity contribution in [3.63, 3.8) is 0 Å². The molecule has 10 heteroatoms. The van der Waals surface area contributed by atoms with Gasteiger partial charge in [0.25, 0.3) is 0 Å². The summed E-state index contributed by atoms with van der Waals surface area (Å²) in [5, 5.41) is 15.4. The van der Waals surface area contributed by atoms with Crippen LogP contribution in [0.4, 0.5) is 20.6 Å². The number of halogens is 1. The van der Waals surface area contributed by atoms with Crippen molar-refractivity contribution in [2.24, 2.45) is 12.1 Å². The zero-order valence-corrected chi connectivity index (χ0v) is 15.4. The molecule has 1 atom stereocenters. The van der Waals surface area contributed by atoms with Crippen LogP contribution in [0.3, 0.4) is 0 Å². The number of amides is 1. The lowest BCUT2D eigenvalue weighted by molar-refractivity contribution is 0.0963. The summed E-state index contributed by atoms with van der Waals surface area (Å²) in [4.78, 5) is 19.2. The van der Waals surface area contributed by atoms with Crippen LogP contribution in [-0.2, 0) is 18.3 Å². The molecule has 3 heterocycles. The van der Waals surface area contributed by atoms with Crippen molar-refractivity contribution in [3.8, 4) is 0 Å². The van der Waals surface area contributed by atoms with Gasteiger partial charge in [-0.25, -0.2) is 14.2 Å². The van der Waals surface area contributed by atoms with E-state index < -0.39 is 18.0 Å². The summed E-state index contributed by atoms with van der Waals surface area (Å²) in [5.41, 5.74) is 0.781. The number of aliphatic hydroxyl groups is 1. The molecule has 1 N–H and O–H groups in total. The van der Waals surface area contributed by atoms with Crippen molar-refractivity contribution in [3.05, 3.63) is 42.2 Å². The number of aromatic nitrogens is 2. The molecule has 0 bridgehead atoms. The van der Waals surface area contributed by atoms with E-state index in [1.165, 1.54) is 11.0 Å². The summed E-state index contributed by atoms with van der Waals surface area (Å²) in [6, 6.07) is 4.57. The van der Waals surface area contributed by atoms with E-state index >= 15 is 0 Å². The molecule has 148 valence electrons. The third kappa shape index (κ3) is 3.50. The van der Waals surface area contributed by atoms with Crippen LogP contribution in [0.15, 0.2) is 35.7 Å². The number of ether oxygens (including phenoxy) is 1. The molecule has 0 spiro atoms. The summed E-state index contributed by atoms with van der Waals surface area (Å²) in [6.07, 6.45) is 4.04. The van der Waals surface area contributed by atoms with Gasteiger partial charge in [0.2, 0.25) is 0 Å². The first-order chi connectivity index (χ1) is 13.5. The lowest BCUT2D eigenvalue weighted by Crippen LogP contribution is -2.38. The van der Waals surface area contributed by atoms with Crippen LogP contribution in [0.1, 0.15) is 5.82 Å². The molecule has 2 aliphatic rings. The fourth-order valence-corrected chi connectivity index (χ4v) is 3.21. The number of benzene rings is 1. The number of hydrazone groups is 1. The summed E-state index contributed by atoms with van der Waals surface area (Å²) < 4.78 is 21.6. The largest absolute Gasteiger partial charge is 0.441 e. The van der Waals surface area contributed by atoms with Gasteiger partial charge in [-0.2, -0.15) is 5.10 Å². The van der Waals surface area contributed by atoms with Gasteiger partial charge in [0.1, 0.15) is 24.1 Å². The first kappa shape index (κ1) is 18.2. The minimum Gasteiger partial charge on any atom is -0.441 e. The number of carbonyl (C=O) groups excluding carboxylic acids is 1. The average Bonchev–Trinajstić information content (AvgIpc) is 3.28. The van der Waals surface area contributed by atoms with Crippen molar-refractivity contribution >= 4 is 23.8 Å². The van der Waals surface area contributed by atoms with Crippen molar-refractivity contribution in [2.75, 3.05) is 36.0 Å². The average molecular weight is 388 g/mol. The Morgan fingerprint density at radius 2 is 2.21 bits per heavy atom. The molecule has 1 aromatic heterocycles. The second-order valence-corrected chi connectivity index (χ2v) is 6.70. The molecular weight excluding hydrogens is 367 g/mol. The molecule has 28 heavy (non-hydrogen) atoms. The van der Waals surface area contributed by atoms with Crippen LogP contribution >= 0.6 is 0 Å². The predicted octanol–water partition coefficient (Wildman–Crippen LogP) is 1.14. The first-order valence-corrected chi connectivity index (χ1v) is 8.95. The zero-order chi connectivity index (χ0) is 19.7. The molecule has 0 saturated carbocycles. The Balaban J connectivity index is 1.45. The van der Waals surface area contributed by atoms with E-state index in [9.17, 15) is 9.18 Å². The summed E-state index contributed by atoms with van der Waals surface area (Å²) in [6.45, 7) is 1.71. The third-order valence-corrected chi connectivity index (χ3v) is 4.83. The number of hydrogen-bond donors (Lipinski definition) is 1. The van der Waals surface area contributed by atoms with E-state index in [1.54, 1.807) is 29.6 Å². The molecular formula is C18H21FN6O3. The maximum absolute atomic E-state index is 14.7. The van der Waals surface area contributed by atoms with Gasteiger partial charge < -0.3 is 19.3 Å². The number of aliphatic hydroxyl groups excluding tert-OH is 1. The number of aryl methyl sites for hydroxylation is 1. The topological polar surface area (TPSA) is 86.4 Å². The van der Waals surface area contributed by atoms with Crippen molar-refractivity contribution < 1.29 is 19.0 Å². The number of rotatable bonds is 5. The Hall–Kier alpha value is -3.14. The minimum atomic E-state index is -0.589. The van der Waals surface area contributed by atoms with Crippen molar-refractivity contribution in [2.45, 2.75) is 12.6 Å². The number of cyclic esters (lactones) is 1. The fourth-order valence-electron chi connectivity index (χ4n) is 3.21. The number of hydrogen-bond acceptors (Lipinski definition) is 7. The number of anilines is 2. The quantitative estimate of drug-likeness (QED) is 0.827. The normalized spacial score (nSPS) is 19.5. The Bertz CT molecular complexity index is 901. The molecule has 9 nitrogen and oxygen atoms in total. The van der Waals surface area contributed by atoms with Gasteiger partial charge in [0.05, 0.1) is 37.6 Å². The zero-order valence-electron chi connectivity index (χ0n) is 15.4. The molecule has 1 amide bonds. The van der Waals surface area contributed by atoms with E-state index in [2.05, 4.69) is 10.1 Å². The smallest absolute Gasteiger partial charge is 0.414 e. The van der Waals surface area contributed by atoms with Crippen molar-refractivity contribution in [1.29, 1.82) is 0 Å². The van der Waals surface area contributed by atoms with Crippen LogP contribution < -0.4 is 9.80 Å². The van der Waals surface area contributed by atoms with E-state index in [1.807, 2.05) is 22.8 Å². The van der Waals surface area contributed by atoms with Gasteiger partial charge in [-0.15, -0.1) is 0 Å². The van der Waals surface area contributed by atoms with E-state index in [0.29, 0.717) is 31.0 Å². The molecule has 2 aromatic rings. The Kier molecular flexibility index (Phi) is 4.86. The van der Waals surface area contributed by atoms with Crippen LogP contribution in [0.2, 0.25) is 0 Å². The van der Waals surface area contributed by atoms with Gasteiger partial charge in [-0.1, -0.05) is 0 Å². The van der Waals surface area contributed by atoms with Gasteiger partial charge in [-0.3, -0.25) is 9.91 Å². The van der Waals surface area contributed by atoms with Crippen LogP contribution in [-0.4, -0.2) is 64.4 Å².